The molecule has 1 saturated carbocycles. The Bertz CT molecular complexity index is 779. The van der Waals surface area contributed by atoms with Crippen LogP contribution in [0.1, 0.15) is 43.6 Å². The van der Waals surface area contributed by atoms with Gasteiger partial charge in [-0.25, -0.2) is 0 Å². The van der Waals surface area contributed by atoms with Crippen molar-refractivity contribution in [2.24, 2.45) is 11.8 Å². The second-order valence-electron chi connectivity index (χ2n) is 8.02. The average Bonchev–Trinajstić information content (AvgIpc) is 3.23. The highest BCUT2D eigenvalue weighted by Gasteiger charge is 2.28. The van der Waals surface area contributed by atoms with Crippen molar-refractivity contribution >= 4 is 34.6 Å². The molecule has 1 aromatic carbocycles. The van der Waals surface area contributed by atoms with Gasteiger partial charge in [0.1, 0.15) is 0 Å². The van der Waals surface area contributed by atoms with Crippen LogP contribution in [0.5, 0.6) is 0 Å². The van der Waals surface area contributed by atoms with E-state index < -0.39 is 0 Å². The summed E-state index contributed by atoms with van der Waals surface area (Å²) in [5.74, 6) is 1.21. The smallest absolute Gasteiger partial charge is 0.239 e. The van der Waals surface area contributed by atoms with E-state index in [1.54, 1.807) is 11.3 Å². The molecule has 0 bridgehead atoms. The van der Waals surface area contributed by atoms with Gasteiger partial charge >= 0.3 is 0 Å². The van der Waals surface area contributed by atoms with Crippen molar-refractivity contribution in [2.45, 2.75) is 52.2 Å². The molecule has 1 heterocycles. The second kappa shape index (κ2) is 10.7. The predicted octanol–water partition coefficient (Wildman–Crippen LogP) is 4.57. The minimum Gasteiger partial charge on any atom is -0.353 e. The fraction of sp³-hybridized carbons (Fsp3) is 0.478. The molecule has 0 unspecified atom stereocenters. The minimum absolute atomic E-state index is 0.0223. The van der Waals surface area contributed by atoms with E-state index in [0.29, 0.717) is 23.5 Å². The van der Waals surface area contributed by atoms with Crippen LogP contribution < -0.4 is 10.6 Å². The molecule has 29 heavy (non-hydrogen) atoms. The maximum absolute atomic E-state index is 12.5. The monoisotopic (exact) mass is 429 g/mol. The highest BCUT2D eigenvalue weighted by atomic mass is 32.1. The van der Waals surface area contributed by atoms with E-state index in [1.165, 1.54) is 23.3 Å². The average molecular weight is 430 g/mol. The fourth-order valence-corrected chi connectivity index (χ4v) is 4.83. The van der Waals surface area contributed by atoms with Gasteiger partial charge in [0, 0.05) is 17.5 Å². The quantitative estimate of drug-likeness (QED) is 0.633. The van der Waals surface area contributed by atoms with Gasteiger partial charge in [0.15, 0.2) is 5.11 Å². The molecule has 1 aliphatic carbocycles. The topological polar surface area (TPSA) is 44.4 Å². The molecule has 0 saturated heterocycles. The van der Waals surface area contributed by atoms with Crippen molar-refractivity contribution in [3.8, 4) is 0 Å². The number of thiophene rings is 1. The lowest BCUT2D eigenvalue weighted by molar-refractivity contribution is -0.121. The van der Waals surface area contributed by atoms with E-state index in [2.05, 4.69) is 59.0 Å². The van der Waals surface area contributed by atoms with E-state index >= 15 is 0 Å². The zero-order valence-electron chi connectivity index (χ0n) is 17.3. The Hall–Kier alpha value is -1.92. The third kappa shape index (κ3) is 6.54. The summed E-state index contributed by atoms with van der Waals surface area (Å²) in [6.07, 6.45) is 3.52. The Kier molecular flexibility index (Phi) is 8.07. The van der Waals surface area contributed by atoms with Gasteiger partial charge in [-0.2, -0.15) is 0 Å². The van der Waals surface area contributed by atoms with Gasteiger partial charge in [0.2, 0.25) is 5.91 Å². The molecule has 3 atom stereocenters. The lowest BCUT2D eigenvalue weighted by Gasteiger charge is -2.34. The number of nitrogens with one attached hydrogen (secondary N) is 2. The number of rotatable bonds is 7. The van der Waals surface area contributed by atoms with Crippen molar-refractivity contribution in [3.63, 3.8) is 0 Å². The molecule has 1 amide bonds. The van der Waals surface area contributed by atoms with Gasteiger partial charge in [-0.15, -0.1) is 11.3 Å². The molecule has 1 aliphatic rings. The summed E-state index contributed by atoms with van der Waals surface area (Å²) in [7, 11) is 0. The van der Waals surface area contributed by atoms with Gasteiger partial charge in [-0.3, -0.25) is 4.79 Å². The van der Waals surface area contributed by atoms with Crippen molar-refractivity contribution in [3.05, 3.63) is 58.3 Å². The van der Waals surface area contributed by atoms with E-state index in [4.69, 9.17) is 12.2 Å². The van der Waals surface area contributed by atoms with Crippen LogP contribution in [0, 0.1) is 11.8 Å². The Morgan fingerprint density at radius 2 is 1.93 bits per heavy atom. The van der Waals surface area contributed by atoms with Gasteiger partial charge in [-0.1, -0.05) is 63.1 Å². The third-order valence-electron chi connectivity index (χ3n) is 5.88. The molecule has 156 valence electrons. The number of thiocarbonyl (C=S) groups is 1. The molecule has 0 aliphatic heterocycles. The van der Waals surface area contributed by atoms with Crippen LogP contribution in [0.15, 0.2) is 47.8 Å². The van der Waals surface area contributed by atoms with Gasteiger partial charge in [0.05, 0.1) is 13.1 Å². The normalized spacial score (nSPS) is 21.4. The van der Waals surface area contributed by atoms with Crippen LogP contribution in [-0.2, 0) is 17.9 Å². The lowest BCUT2D eigenvalue weighted by atomic mass is 9.78. The summed E-state index contributed by atoms with van der Waals surface area (Å²) in [5.41, 5.74) is 1.20. The van der Waals surface area contributed by atoms with Crippen LogP contribution in [0.4, 0.5) is 0 Å². The standard InChI is InChI=1S/C23H31N3OS2/c1-17-8-6-12-21(18(17)2)25-22(27)14-24-23(28)26(16-20-11-7-13-29-20)15-19-9-4-3-5-10-19/h3-5,7,9-11,13,17-18,21H,6,8,12,14-16H2,1-2H3,(H,24,28)(H,25,27)/t17-,18+,21-/m1/s1. The molecule has 2 aromatic rings. The number of hydrogen-bond donors (Lipinski definition) is 2. The maximum Gasteiger partial charge on any atom is 0.239 e. The Balaban J connectivity index is 1.55. The lowest BCUT2D eigenvalue weighted by Crippen LogP contribution is -2.49. The molecule has 1 aromatic heterocycles. The van der Waals surface area contributed by atoms with Crippen LogP contribution in [0.2, 0.25) is 0 Å². The van der Waals surface area contributed by atoms with E-state index in [0.717, 1.165) is 13.0 Å². The summed E-state index contributed by atoms with van der Waals surface area (Å²) < 4.78 is 0. The molecular formula is C23H31N3OS2. The summed E-state index contributed by atoms with van der Waals surface area (Å²) in [6.45, 7) is 6.19. The molecular weight excluding hydrogens is 398 g/mol. The van der Waals surface area contributed by atoms with E-state index in [9.17, 15) is 4.79 Å². The van der Waals surface area contributed by atoms with Gasteiger partial charge in [0.25, 0.3) is 0 Å². The fourth-order valence-electron chi connectivity index (χ4n) is 3.91. The first-order chi connectivity index (χ1) is 14.0. The summed E-state index contributed by atoms with van der Waals surface area (Å²) in [4.78, 5) is 15.9. The largest absolute Gasteiger partial charge is 0.353 e. The summed E-state index contributed by atoms with van der Waals surface area (Å²) >= 11 is 7.37. The molecule has 3 rings (SSSR count). The first kappa shape index (κ1) is 21.8. The van der Waals surface area contributed by atoms with Crippen LogP contribution in [-0.4, -0.2) is 28.5 Å². The van der Waals surface area contributed by atoms with E-state index in [-0.39, 0.29) is 18.5 Å². The number of benzene rings is 1. The molecule has 2 N–H and O–H groups in total. The molecule has 0 radical (unpaired) electrons. The van der Waals surface area contributed by atoms with Crippen molar-refractivity contribution < 1.29 is 4.79 Å². The highest BCUT2D eigenvalue weighted by molar-refractivity contribution is 7.80. The third-order valence-corrected chi connectivity index (χ3v) is 7.15. The first-order valence-electron chi connectivity index (χ1n) is 10.4. The number of carbonyl (C=O) groups excluding carboxylic acids is 1. The number of carbonyl (C=O) groups is 1. The molecule has 0 spiro atoms. The first-order valence-corrected chi connectivity index (χ1v) is 11.7. The van der Waals surface area contributed by atoms with Crippen molar-refractivity contribution in [2.75, 3.05) is 6.54 Å². The van der Waals surface area contributed by atoms with E-state index in [1.807, 2.05) is 18.2 Å². The Labute approximate surface area is 183 Å². The summed E-state index contributed by atoms with van der Waals surface area (Å²) in [5, 5.41) is 9.08. The Morgan fingerprint density at radius 3 is 2.66 bits per heavy atom. The summed E-state index contributed by atoms with van der Waals surface area (Å²) in [6, 6.07) is 14.7. The second-order valence-corrected chi connectivity index (χ2v) is 9.44. The Morgan fingerprint density at radius 1 is 1.14 bits per heavy atom. The zero-order chi connectivity index (χ0) is 20.6. The number of hydrogen-bond acceptors (Lipinski definition) is 3. The van der Waals surface area contributed by atoms with Crippen LogP contribution in [0.25, 0.3) is 0 Å². The van der Waals surface area contributed by atoms with Crippen LogP contribution >= 0.6 is 23.6 Å². The molecule has 6 heteroatoms. The zero-order valence-corrected chi connectivity index (χ0v) is 18.9. The minimum atomic E-state index is 0.0223. The molecule has 4 nitrogen and oxygen atoms in total. The van der Waals surface area contributed by atoms with Crippen molar-refractivity contribution in [1.82, 2.24) is 15.5 Å². The highest BCUT2D eigenvalue weighted by Crippen LogP contribution is 2.29. The van der Waals surface area contributed by atoms with Crippen molar-refractivity contribution in [1.29, 1.82) is 0 Å². The maximum atomic E-state index is 12.5. The molecule has 1 fully saturated rings. The predicted molar refractivity (Wildman–Crippen MR) is 125 cm³/mol. The van der Waals surface area contributed by atoms with Gasteiger partial charge in [-0.05, 0) is 47.5 Å². The SMILES string of the molecule is C[C@H]1[C@H](C)CCC[C@H]1NC(=O)CNC(=S)N(Cc1ccccc1)Cc1cccs1. The number of nitrogens with zero attached hydrogens (tertiary/aromatic N) is 1. The number of amides is 1. The van der Waals surface area contributed by atoms with Crippen LogP contribution in [0.3, 0.4) is 0 Å². The van der Waals surface area contributed by atoms with Gasteiger partial charge < -0.3 is 15.5 Å².